The smallest absolute Gasteiger partial charge is 0.338 e. The predicted molar refractivity (Wildman–Crippen MR) is 189 cm³/mol. The Labute approximate surface area is 300 Å². The van der Waals surface area contributed by atoms with Crippen molar-refractivity contribution in [2.24, 2.45) is 5.92 Å². The van der Waals surface area contributed by atoms with Crippen LogP contribution in [0.1, 0.15) is 56.9 Å². The third kappa shape index (κ3) is 6.12. The molecule has 0 saturated carbocycles. The number of nitrogens with zero attached hydrogens (tertiary/aromatic N) is 4. The largest absolute Gasteiger partial charge is 0.451 e. The molecule has 0 unspecified atom stereocenters. The van der Waals surface area contributed by atoms with E-state index < -0.39 is 69.3 Å². The summed E-state index contributed by atoms with van der Waals surface area (Å²) in [4.78, 5) is 73.7. The molecule has 4 aromatic heterocycles. The Hall–Kier alpha value is -4.77. The van der Waals surface area contributed by atoms with Crippen molar-refractivity contribution in [3.63, 3.8) is 0 Å². The van der Waals surface area contributed by atoms with Gasteiger partial charge in [-0.25, -0.2) is 4.79 Å². The number of hydrogen-bond acceptors (Lipinski definition) is 17. The van der Waals surface area contributed by atoms with Gasteiger partial charge in [-0.3, -0.25) is 38.3 Å². The number of carbonyl (C=O) groups excluding carboxylic acids is 1. The van der Waals surface area contributed by atoms with Crippen LogP contribution in [0.15, 0.2) is 49.5 Å². The number of anilines is 2. The van der Waals surface area contributed by atoms with Gasteiger partial charge in [-0.1, -0.05) is 54.7 Å². The summed E-state index contributed by atoms with van der Waals surface area (Å²) in [6, 6.07) is 8.62. The zero-order valence-electron chi connectivity index (χ0n) is 28.1. The quantitative estimate of drug-likeness (QED) is 0.112. The van der Waals surface area contributed by atoms with Gasteiger partial charge < -0.3 is 41.0 Å². The predicted octanol–water partition coefficient (Wildman–Crippen LogP) is 0.0178. The number of ether oxygens (including phenoxy) is 3. The third-order valence-electron chi connectivity index (χ3n) is 9.37. The maximum atomic E-state index is 12.9. The number of H-pyrrole nitrogens is 2. The molecule has 21 heteroatoms. The summed E-state index contributed by atoms with van der Waals surface area (Å²) in [5, 5.41) is 29.6. The van der Waals surface area contributed by atoms with Crippen LogP contribution in [-0.4, -0.2) is 86.5 Å². The van der Waals surface area contributed by atoms with E-state index in [0.717, 1.165) is 15.9 Å². The minimum Gasteiger partial charge on any atom is -0.451 e. The summed E-state index contributed by atoms with van der Waals surface area (Å²) in [5.41, 5.74) is 7.52. The number of carbonyl (C=O) groups is 1. The number of nitrogens with two attached hydrogens (primary N) is 2. The van der Waals surface area contributed by atoms with E-state index in [4.69, 9.17) is 25.7 Å². The molecule has 2 saturated heterocycles. The van der Waals surface area contributed by atoms with Crippen LogP contribution in [0.25, 0.3) is 20.7 Å². The average Bonchev–Trinajstić information content (AvgIpc) is 3.75. The highest BCUT2D eigenvalue weighted by atomic mass is 32.1. The van der Waals surface area contributed by atoms with Crippen LogP contribution in [-0.2, 0) is 14.2 Å². The molecule has 0 bridgehead atoms. The van der Waals surface area contributed by atoms with E-state index >= 15 is 0 Å². The summed E-state index contributed by atoms with van der Waals surface area (Å²) in [6.45, 7) is 6.34. The number of fused-ring (bicyclic) bond motifs is 2. The van der Waals surface area contributed by atoms with Gasteiger partial charge in [0.1, 0.15) is 27.2 Å². The van der Waals surface area contributed by atoms with E-state index in [2.05, 4.69) is 19.9 Å². The molecule has 2 aliphatic rings. The first-order chi connectivity index (χ1) is 24.5. The van der Waals surface area contributed by atoms with Crippen LogP contribution in [0.2, 0.25) is 0 Å². The lowest BCUT2D eigenvalue weighted by atomic mass is 9.86. The highest BCUT2D eigenvalue weighted by Crippen LogP contribution is 2.47. The molecule has 6 heterocycles. The van der Waals surface area contributed by atoms with Crippen LogP contribution >= 0.6 is 22.7 Å². The molecule has 278 valence electrons. The van der Waals surface area contributed by atoms with Gasteiger partial charge in [-0.2, -0.15) is 9.97 Å². The number of aromatic nitrogens is 6. The number of hydrogen-bond donors (Lipinski definition) is 7. The molecule has 1 aromatic carbocycles. The molecule has 19 nitrogen and oxygen atoms in total. The lowest BCUT2D eigenvalue weighted by molar-refractivity contribution is -0.0957. The Morgan fingerprint density at radius 3 is 1.90 bits per heavy atom. The SMILES string of the molecule is CC[C@H]1O[C@@H](n2c(=O)sc3c(=O)[nH]c(N)nc32)[C@](C)(OC(=O)c2ccccc2)[C@@H]1C.C[C@@]1(O)[C@H](O)[C@@H](CO)O[C@H]1n1c(=O)sc2c(=O)[nH]c(N)nc21. The number of nitrogens with one attached hydrogen (secondary N) is 2. The number of aromatic amines is 2. The Kier molecular flexibility index (Phi) is 9.71. The lowest BCUT2D eigenvalue weighted by Crippen LogP contribution is -2.45. The van der Waals surface area contributed by atoms with Crippen molar-refractivity contribution in [3.05, 3.63) is 75.9 Å². The Morgan fingerprint density at radius 1 is 0.923 bits per heavy atom. The molecule has 0 radical (unpaired) electrons. The number of nitrogen functional groups attached to an aromatic ring is 2. The average molecular weight is 761 g/mol. The minimum absolute atomic E-state index is 0.0283. The van der Waals surface area contributed by atoms with Gasteiger partial charge >= 0.3 is 15.7 Å². The van der Waals surface area contributed by atoms with Crippen molar-refractivity contribution in [3.8, 4) is 0 Å². The minimum atomic E-state index is -1.86. The molecule has 2 aliphatic heterocycles. The fourth-order valence-corrected chi connectivity index (χ4v) is 8.09. The van der Waals surface area contributed by atoms with Crippen LogP contribution in [0.4, 0.5) is 11.9 Å². The van der Waals surface area contributed by atoms with Crippen LogP contribution in [0, 0.1) is 5.92 Å². The normalized spacial score (nSPS) is 28.6. The summed E-state index contributed by atoms with van der Waals surface area (Å²) >= 11 is 1.37. The van der Waals surface area contributed by atoms with Crippen molar-refractivity contribution >= 4 is 61.2 Å². The van der Waals surface area contributed by atoms with Gasteiger partial charge in [-0.15, -0.1) is 0 Å². The fourth-order valence-electron chi connectivity index (χ4n) is 6.43. The molecule has 0 amide bonds. The number of benzene rings is 1. The second kappa shape index (κ2) is 13.7. The molecule has 0 spiro atoms. The Bertz CT molecular complexity index is 2380. The Morgan fingerprint density at radius 2 is 1.42 bits per heavy atom. The van der Waals surface area contributed by atoms with Gasteiger partial charge in [0.05, 0.1) is 18.3 Å². The topological polar surface area (TPSA) is 293 Å². The molecular formula is C31H36N8O11S2. The van der Waals surface area contributed by atoms with Crippen molar-refractivity contribution in [1.82, 2.24) is 29.1 Å². The van der Waals surface area contributed by atoms with Gasteiger partial charge in [0, 0.05) is 5.92 Å². The number of aliphatic hydroxyl groups is 3. The lowest BCUT2D eigenvalue weighted by Gasteiger charge is -2.33. The van der Waals surface area contributed by atoms with E-state index in [-0.39, 0.29) is 44.6 Å². The summed E-state index contributed by atoms with van der Waals surface area (Å²) in [7, 11) is 0. The zero-order chi connectivity index (χ0) is 37.9. The van der Waals surface area contributed by atoms with E-state index in [1.807, 2.05) is 13.8 Å². The van der Waals surface area contributed by atoms with Crippen molar-refractivity contribution in [1.29, 1.82) is 0 Å². The maximum Gasteiger partial charge on any atom is 0.338 e. The molecule has 5 aromatic rings. The summed E-state index contributed by atoms with van der Waals surface area (Å²) in [6.07, 6.45) is -4.35. The molecular weight excluding hydrogens is 725 g/mol. The van der Waals surface area contributed by atoms with E-state index in [1.54, 1.807) is 37.3 Å². The molecule has 9 N–H and O–H groups in total. The number of rotatable bonds is 6. The highest BCUT2D eigenvalue weighted by molar-refractivity contribution is 7.16. The van der Waals surface area contributed by atoms with Crippen molar-refractivity contribution in [2.45, 2.75) is 76.1 Å². The van der Waals surface area contributed by atoms with Crippen molar-refractivity contribution < 1.29 is 34.3 Å². The second-order valence-electron chi connectivity index (χ2n) is 12.7. The van der Waals surface area contributed by atoms with Crippen LogP contribution in [0.5, 0.6) is 0 Å². The number of esters is 1. The second-order valence-corrected chi connectivity index (χ2v) is 14.7. The fraction of sp³-hybridized carbons (Fsp3) is 0.452. The highest BCUT2D eigenvalue weighted by Gasteiger charge is 2.56. The van der Waals surface area contributed by atoms with E-state index in [1.165, 1.54) is 11.5 Å². The van der Waals surface area contributed by atoms with Gasteiger partial charge in [0.2, 0.25) is 11.9 Å². The summed E-state index contributed by atoms with van der Waals surface area (Å²) in [5.74, 6) is -1.05. The van der Waals surface area contributed by atoms with Gasteiger partial charge in [0.15, 0.2) is 29.4 Å². The van der Waals surface area contributed by atoms with E-state index in [9.17, 15) is 39.3 Å². The van der Waals surface area contributed by atoms with Crippen LogP contribution < -0.4 is 32.3 Å². The standard InChI is InChI=1S/C20H22N4O5S.C11H14N4O6S/c1-4-12-10(2)20(3,29-16(26)11-8-6-5-7-9-11)17(28-12)24-14-13(30-19(24)27)15(25)23-18(21)22-14;1-11(20)5(17)3(2-16)21-8(11)15-6-4(22-10(15)19)7(18)14-9(12)13-6/h5-10,12,17H,4H2,1-3H3,(H3,21,22,23,25);3,5,8,16-17,20H,2H2,1H3,(H3,12,13,14,18)/t10-,12-,17-,20-;3-,5-,8-,11-/m11/s1. The molecule has 52 heavy (non-hydrogen) atoms. The third-order valence-corrected chi connectivity index (χ3v) is 11.3. The van der Waals surface area contributed by atoms with Crippen molar-refractivity contribution in [2.75, 3.05) is 18.1 Å². The monoisotopic (exact) mass is 760 g/mol. The van der Waals surface area contributed by atoms with E-state index in [0.29, 0.717) is 23.3 Å². The van der Waals surface area contributed by atoms with Gasteiger partial charge in [0.25, 0.3) is 11.1 Å². The first-order valence-corrected chi connectivity index (χ1v) is 17.6. The molecule has 0 aliphatic carbocycles. The molecule has 8 atom stereocenters. The molecule has 7 rings (SSSR count). The molecule has 2 fully saturated rings. The number of aliphatic hydroxyl groups excluding tert-OH is 2. The Balaban J connectivity index is 0.000000187. The van der Waals surface area contributed by atoms with Gasteiger partial charge in [-0.05, 0) is 32.4 Å². The first kappa shape index (κ1) is 37.0. The first-order valence-electron chi connectivity index (χ1n) is 16.0. The zero-order valence-corrected chi connectivity index (χ0v) is 29.8. The summed E-state index contributed by atoms with van der Waals surface area (Å²) < 4.78 is 19.9. The number of thiazole rings is 2. The van der Waals surface area contributed by atoms with Crippen LogP contribution in [0.3, 0.4) is 0 Å². The maximum absolute atomic E-state index is 12.9.